The third kappa shape index (κ3) is 3.10. The second-order valence-corrected chi connectivity index (χ2v) is 7.79. The van der Waals surface area contributed by atoms with E-state index in [0.29, 0.717) is 19.7 Å². The maximum atomic E-state index is 13.0. The lowest BCUT2D eigenvalue weighted by molar-refractivity contribution is 0.0779. The van der Waals surface area contributed by atoms with E-state index in [9.17, 15) is 4.79 Å². The van der Waals surface area contributed by atoms with Crippen molar-refractivity contribution in [1.29, 1.82) is 0 Å². The summed E-state index contributed by atoms with van der Waals surface area (Å²) in [6, 6.07) is 25.0. The molecular formula is C25H24N2O2. The maximum Gasteiger partial charge on any atom is 0.410 e. The number of carbonyl (C=O) groups is 1. The lowest BCUT2D eigenvalue weighted by Gasteiger charge is -2.35. The summed E-state index contributed by atoms with van der Waals surface area (Å²) in [5, 5.41) is 0. The second kappa shape index (κ2) is 7.37. The minimum absolute atomic E-state index is 0.0273. The summed E-state index contributed by atoms with van der Waals surface area (Å²) < 4.78 is 5.86. The van der Waals surface area contributed by atoms with Crippen LogP contribution in [0.4, 0.5) is 4.79 Å². The van der Waals surface area contributed by atoms with Crippen LogP contribution in [-0.4, -0.2) is 30.2 Å². The molecule has 29 heavy (non-hydrogen) atoms. The number of fused-ring (bicyclic) bond motifs is 4. The topological polar surface area (TPSA) is 55.6 Å². The summed E-state index contributed by atoms with van der Waals surface area (Å²) in [6.07, 6.45) is 0.494. The first-order valence-corrected chi connectivity index (χ1v) is 10.1. The fourth-order valence-corrected chi connectivity index (χ4v) is 4.69. The van der Waals surface area contributed by atoms with Gasteiger partial charge in [-0.05, 0) is 39.8 Å². The van der Waals surface area contributed by atoms with E-state index >= 15 is 0 Å². The van der Waals surface area contributed by atoms with Crippen LogP contribution in [0.1, 0.15) is 28.2 Å². The summed E-state index contributed by atoms with van der Waals surface area (Å²) in [5.74, 6) is 0.0692. The normalized spacial score (nSPS) is 17.4. The zero-order valence-corrected chi connectivity index (χ0v) is 16.3. The Balaban J connectivity index is 1.36. The summed E-state index contributed by atoms with van der Waals surface area (Å²) in [6.45, 7) is 1.32. The van der Waals surface area contributed by atoms with Crippen LogP contribution in [0.3, 0.4) is 0 Å². The first kappa shape index (κ1) is 18.0. The van der Waals surface area contributed by atoms with Gasteiger partial charge in [-0.1, -0.05) is 72.8 Å². The molecule has 0 bridgehead atoms. The van der Waals surface area contributed by atoms with Crippen molar-refractivity contribution in [3.05, 3.63) is 95.1 Å². The monoisotopic (exact) mass is 384 g/mol. The highest BCUT2D eigenvalue weighted by molar-refractivity contribution is 5.79. The van der Waals surface area contributed by atoms with Crippen molar-refractivity contribution in [3.8, 4) is 11.1 Å². The van der Waals surface area contributed by atoms with Gasteiger partial charge in [0.15, 0.2) is 0 Å². The number of hydrogen-bond acceptors (Lipinski definition) is 3. The van der Waals surface area contributed by atoms with Crippen molar-refractivity contribution in [2.45, 2.75) is 24.9 Å². The highest BCUT2D eigenvalue weighted by Gasteiger charge is 2.32. The molecular weight excluding hydrogens is 360 g/mol. The fraction of sp³-hybridized carbons (Fsp3) is 0.240. The third-order valence-electron chi connectivity index (χ3n) is 6.20. The Morgan fingerprint density at radius 3 is 2.14 bits per heavy atom. The molecule has 2 aliphatic rings. The molecule has 1 aliphatic carbocycles. The van der Waals surface area contributed by atoms with Crippen LogP contribution in [0.25, 0.3) is 11.1 Å². The largest absolute Gasteiger partial charge is 0.448 e. The van der Waals surface area contributed by atoms with E-state index in [1.807, 2.05) is 24.3 Å². The third-order valence-corrected chi connectivity index (χ3v) is 6.20. The molecule has 4 nitrogen and oxygen atoms in total. The standard InChI is InChI=1S/C25H24N2O2/c26-14-19-13-17-7-1-2-8-18(17)15-27(19)25(28)29-16-24-22-11-5-3-9-20(22)21-10-4-6-12-23(21)24/h1-12,19,24H,13-16,26H2/t19-/m1/s1. The molecule has 4 heteroatoms. The van der Waals surface area contributed by atoms with Gasteiger partial charge in [0.25, 0.3) is 0 Å². The Morgan fingerprint density at radius 1 is 0.897 bits per heavy atom. The van der Waals surface area contributed by atoms with E-state index < -0.39 is 0 Å². The minimum atomic E-state index is -0.281. The molecule has 1 heterocycles. The first-order chi connectivity index (χ1) is 14.3. The maximum absolute atomic E-state index is 13.0. The Morgan fingerprint density at radius 2 is 1.48 bits per heavy atom. The molecule has 3 aromatic carbocycles. The van der Waals surface area contributed by atoms with Gasteiger partial charge in [-0.3, -0.25) is 4.90 Å². The van der Waals surface area contributed by atoms with Gasteiger partial charge in [0.2, 0.25) is 0 Å². The van der Waals surface area contributed by atoms with E-state index in [2.05, 4.69) is 48.5 Å². The number of nitrogens with two attached hydrogens (primary N) is 1. The van der Waals surface area contributed by atoms with Gasteiger partial charge in [-0.25, -0.2) is 4.79 Å². The van der Waals surface area contributed by atoms with Crippen LogP contribution in [0.15, 0.2) is 72.8 Å². The predicted molar refractivity (Wildman–Crippen MR) is 114 cm³/mol. The van der Waals surface area contributed by atoms with Crippen molar-refractivity contribution >= 4 is 6.09 Å². The zero-order valence-electron chi connectivity index (χ0n) is 16.3. The van der Waals surface area contributed by atoms with Crippen molar-refractivity contribution in [3.63, 3.8) is 0 Å². The van der Waals surface area contributed by atoms with Gasteiger partial charge < -0.3 is 10.5 Å². The quantitative estimate of drug-likeness (QED) is 0.732. The molecule has 0 saturated carbocycles. The van der Waals surface area contributed by atoms with Crippen LogP contribution in [0.2, 0.25) is 0 Å². The molecule has 0 fully saturated rings. The van der Waals surface area contributed by atoms with Gasteiger partial charge in [-0.15, -0.1) is 0 Å². The lowest BCUT2D eigenvalue weighted by Crippen LogP contribution is -2.48. The number of rotatable bonds is 3. The van der Waals surface area contributed by atoms with Crippen LogP contribution in [-0.2, 0) is 17.7 Å². The average molecular weight is 384 g/mol. The minimum Gasteiger partial charge on any atom is -0.448 e. The van der Waals surface area contributed by atoms with Crippen LogP contribution < -0.4 is 5.73 Å². The average Bonchev–Trinajstić information content (AvgIpc) is 3.10. The van der Waals surface area contributed by atoms with E-state index in [1.54, 1.807) is 4.90 Å². The molecule has 0 unspecified atom stereocenters. The number of ether oxygens (including phenoxy) is 1. The van der Waals surface area contributed by atoms with Gasteiger partial charge in [-0.2, -0.15) is 0 Å². The molecule has 1 atom stereocenters. The number of hydrogen-bond donors (Lipinski definition) is 1. The van der Waals surface area contributed by atoms with Crippen LogP contribution in [0, 0.1) is 0 Å². The Hall–Kier alpha value is -3.11. The summed E-state index contributed by atoms with van der Waals surface area (Å²) in [4.78, 5) is 14.8. The highest BCUT2D eigenvalue weighted by Crippen LogP contribution is 2.44. The number of benzene rings is 3. The molecule has 2 N–H and O–H groups in total. The van der Waals surface area contributed by atoms with Gasteiger partial charge in [0.1, 0.15) is 6.61 Å². The van der Waals surface area contributed by atoms with Gasteiger partial charge >= 0.3 is 6.09 Å². The van der Waals surface area contributed by atoms with E-state index in [4.69, 9.17) is 10.5 Å². The van der Waals surface area contributed by atoms with Crippen molar-refractivity contribution in [1.82, 2.24) is 4.90 Å². The fourth-order valence-electron chi connectivity index (χ4n) is 4.69. The highest BCUT2D eigenvalue weighted by atomic mass is 16.6. The van der Waals surface area contributed by atoms with Crippen molar-refractivity contribution in [2.24, 2.45) is 5.73 Å². The van der Waals surface area contributed by atoms with Gasteiger partial charge in [0, 0.05) is 19.0 Å². The molecule has 0 aromatic heterocycles. The van der Waals surface area contributed by atoms with Crippen molar-refractivity contribution < 1.29 is 9.53 Å². The Labute approximate surface area is 170 Å². The molecule has 1 aliphatic heterocycles. The first-order valence-electron chi connectivity index (χ1n) is 10.1. The van der Waals surface area contributed by atoms with Crippen LogP contribution in [0.5, 0.6) is 0 Å². The molecule has 0 spiro atoms. The summed E-state index contributed by atoms with van der Waals surface area (Å²) in [5.41, 5.74) is 13.3. The number of nitrogens with zero attached hydrogens (tertiary/aromatic N) is 1. The Bertz CT molecular complexity index is 1020. The SMILES string of the molecule is NC[C@H]1Cc2ccccc2CN1C(=O)OCC1c2ccccc2-c2ccccc21. The molecule has 146 valence electrons. The number of carbonyl (C=O) groups excluding carboxylic acids is 1. The molecule has 0 radical (unpaired) electrons. The molecule has 0 saturated heterocycles. The van der Waals surface area contributed by atoms with Crippen molar-refractivity contribution in [2.75, 3.05) is 13.2 Å². The molecule has 5 rings (SSSR count). The summed E-state index contributed by atoms with van der Waals surface area (Å²) in [7, 11) is 0. The van der Waals surface area contributed by atoms with Gasteiger partial charge in [0.05, 0.1) is 6.04 Å². The molecule has 3 aromatic rings. The smallest absolute Gasteiger partial charge is 0.410 e. The predicted octanol–water partition coefficient (Wildman–Crippen LogP) is 4.32. The second-order valence-electron chi connectivity index (χ2n) is 7.79. The lowest BCUT2D eigenvalue weighted by atomic mass is 9.94. The summed E-state index contributed by atoms with van der Waals surface area (Å²) >= 11 is 0. The Kier molecular flexibility index (Phi) is 4.57. The van der Waals surface area contributed by atoms with Crippen LogP contribution >= 0.6 is 0 Å². The van der Waals surface area contributed by atoms with E-state index in [-0.39, 0.29) is 18.1 Å². The molecule has 1 amide bonds. The van der Waals surface area contributed by atoms with E-state index in [0.717, 1.165) is 6.42 Å². The van der Waals surface area contributed by atoms with E-state index in [1.165, 1.54) is 33.4 Å². The zero-order chi connectivity index (χ0) is 19.8. The number of amides is 1.